The largest absolute Gasteiger partial charge is 0.479 e. The molecule has 1 atom stereocenters. The van der Waals surface area contributed by atoms with E-state index in [0.29, 0.717) is 6.54 Å². The van der Waals surface area contributed by atoms with Crippen LogP contribution in [0.3, 0.4) is 0 Å². The highest BCUT2D eigenvalue weighted by atomic mass is 16.5. The molecule has 5 nitrogen and oxygen atoms in total. The molecule has 0 bridgehead atoms. The van der Waals surface area contributed by atoms with Crippen LogP contribution in [0.1, 0.15) is 26.2 Å². The van der Waals surface area contributed by atoms with Crippen molar-refractivity contribution in [1.29, 1.82) is 0 Å². The highest BCUT2D eigenvalue weighted by Crippen LogP contribution is 2.01. The summed E-state index contributed by atoms with van der Waals surface area (Å²) in [6.45, 7) is 2.83. The summed E-state index contributed by atoms with van der Waals surface area (Å²) in [5.74, 6) is -1.20. The molecule has 0 aliphatic heterocycles. The van der Waals surface area contributed by atoms with E-state index in [9.17, 15) is 9.90 Å². The third-order valence-corrected chi connectivity index (χ3v) is 2.13. The summed E-state index contributed by atoms with van der Waals surface area (Å²) in [5.41, 5.74) is -1.67. The molecule has 0 spiro atoms. The predicted molar refractivity (Wildman–Crippen MR) is 56.9 cm³/mol. The van der Waals surface area contributed by atoms with Crippen molar-refractivity contribution in [1.82, 2.24) is 5.32 Å². The van der Waals surface area contributed by atoms with Crippen LogP contribution in [-0.2, 0) is 9.53 Å². The Morgan fingerprint density at radius 1 is 1.40 bits per heavy atom. The number of nitrogens with one attached hydrogen (secondary N) is 1. The molecule has 0 rings (SSSR count). The first-order valence-electron chi connectivity index (χ1n) is 5.16. The summed E-state index contributed by atoms with van der Waals surface area (Å²) in [6, 6.07) is 0. The molecule has 5 heteroatoms. The maximum atomic E-state index is 10.5. The van der Waals surface area contributed by atoms with Crippen molar-refractivity contribution >= 4 is 5.97 Å². The average molecular weight is 219 g/mol. The van der Waals surface area contributed by atoms with E-state index in [1.54, 1.807) is 7.11 Å². The summed E-state index contributed by atoms with van der Waals surface area (Å²) in [4.78, 5) is 10.5. The molecular formula is C10H21NO4. The molecule has 90 valence electrons. The minimum absolute atomic E-state index is 0.0760. The Hall–Kier alpha value is -0.650. The summed E-state index contributed by atoms with van der Waals surface area (Å²) in [5, 5.41) is 20.9. The molecular weight excluding hydrogens is 198 g/mol. The fraction of sp³-hybridized carbons (Fsp3) is 0.900. The quantitative estimate of drug-likeness (QED) is 0.484. The number of unbranched alkanes of at least 4 members (excludes halogenated alkanes) is 2. The molecule has 0 heterocycles. The predicted octanol–water partition coefficient (Wildman–Crippen LogP) is 0.228. The number of carbonyl (C=O) groups is 1. The van der Waals surface area contributed by atoms with Gasteiger partial charge in [-0.2, -0.15) is 0 Å². The van der Waals surface area contributed by atoms with Gasteiger partial charge in [-0.3, -0.25) is 0 Å². The Kier molecular flexibility index (Phi) is 7.29. The van der Waals surface area contributed by atoms with Crippen LogP contribution in [0, 0.1) is 0 Å². The fourth-order valence-corrected chi connectivity index (χ4v) is 1.08. The van der Waals surface area contributed by atoms with Crippen molar-refractivity contribution in [2.24, 2.45) is 0 Å². The van der Waals surface area contributed by atoms with Crippen LogP contribution in [0.5, 0.6) is 0 Å². The smallest absolute Gasteiger partial charge is 0.336 e. The highest BCUT2D eigenvalue weighted by molar-refractivity contribution is 5.76. The lowest BCUT2D eigenvalue weighted by Gasteiger charge is -2.18. The Bertz CT molecular complexity index is 182. The van der Waals surface area contributed by atoms with Crippen molar-refractivity contribution in [2.45, 2.75) is 31.8 Å². The van der Waals surface area contributed by atoms with E-state index in [-0.39, 0.29) is 6.54 Å². The van der Waals surface area contributed by atoms with E-state index < -0.39 is 11.6 Å². The van der Waals surface area contributed by atoms with Gasteiger partial charge >= 0.3 is 5.97 Å². The first kappa shape index (κ1) is 14.3. The molecule has 3 N–H and O–H groups in total. The molecule has 0 amide bonds. The molecule has 0 fully saturated rings. The molecule has 0 aromatic heterocycles. The Morgan fingerprint density at radius 2 is 2.07 bits per heavy atom. The zero-order chi connectivity index (χ0) is 11.7. The van der Waals surface area contributed by atoms with Gasteiger partial charge in [0.1, 0.15) is 0 Å². The fourth-order valence-electron chi connectivity index (χ4n) is 1.08. The Morgan fingerprint density at radius 3 is 2.60 bits per heavy atom. The van der Waals surface area contributed by atoms with Gasteiger partial charge in [-0.1, -0.05) is 0 Å². The summed E-state index contributed by atoms with van der Waals surface area (Å²) >= 11 is 0. The number of carboxylic acid groups (broad SMARTS) is 1. The van der Waals surface area contributed by atoms with Crippen LogP contribution in [0.4, 0.5) is 0 Å². The number of ether oxygens (including phenoxy) is 1. The highest BCUT2D eigenvalue weighted by Gasteiger charge is 2.28. The number of methoxy groups -OCH3 is 1. The molecule has 0 aliphatic rings. The van der Waals surface area contributed by atoms with E-state index >= 15 is 0 Å². The second-order valence-corrected chi connectivity index (χ2v) is 3.81. The number of aliphatic carboxylic acids is 1. The van der Waals surface area contributed by atoms with E-state index in [4.69, 9.17) is 9.84 Å². The number of hydrogen-bond acceptors (Lipinski definition) is 4. The maximum Gasteiger partial charge on any atom is 0.336 e. The number of aliphatic hydroxyl groups is 1. The van der Waals surface area contributed by atoms with Gasteiger partial charge in [0.25, 0.3) is 0 Å². The summed E-state index contributed by atoms with van der Waals surface area (Å²) < 4.78 is 4.90. The normalized spacial score (nSPS) is 14.9. The SMILES string of the molecule is COCCCCCNCC(C)(O)C(=O)O. The number of rotatable bonds is 9. The van der Waals surface area contributed by atoms with Crippen molar-refractivity contribution in [3.8, 4) is 0 Å². The van der Waals surface area contributed by atoms with Gasteiger partial charge in [0, 0.05) is 20.3 Å². The third kappa shape index (κ3) is 7.30. The third-order valence-electron chi connectivity index (χ3n) is 2.13. The topological polar surface area (TPSA) is 78.8 Å². The second kappa shape index (κ2) is 7.62. The van der Waals surface area contributed by atoms with E-state index in [1.807, 2.05) is 0 Å². The standard InChI is InChI=1S/C10H21NO4/c1-10(14,9(12)13)8-11-6-4-3-5-7-15-2/h11,14H,3-8H2,1-2H3,(H,12,13). The summed E-state index contributed by atoms with van der Waals surface area (Å²) in [6.07, 6.45) is 3.00. The minimum atomic E-state index is -1.67. The van der Waals surface area contributed by atoms with E-state index in [0.717, 1.165) is 25.9 Å². The molecule has 0 saturated carbocycles. The van der Waals surface area contributed by atoms with Crippen LogP contribution in [0.15, 0.2) is 0 Å². The molecule has 0 aromatic carbocycles. The van der Waals surface area contributed by atoms with Crippen LogP contribution < -0.4 is 5.32 Å². The molecule has 0 aromatic rings. The zero-order valence-corrected chi connectivity index (χ0v) is 9.45. The van der Waals surface area contributed by atoms with E-state index in [1.165, 1.54) is 6.92 Å². The average Bonchev–Trinajstić information content (AvgIpc) is 2.16. The Labute approximate surface area is 90.4 Å². The van der Waals surface area contributed by atoms with Crippen molar-refractivity contribution in [2.75, 3.05) is 26.8 Å². The first-order chi connectivity index (χ1) is 7.00. The van der Waals surface area contributed by atoms with Gasteiger partial charge in [0.2, 0.25) is 0 Å². The Balaban J connectivity index is 3.35. The number of carboxylic acids is 1. The van der Waals surface area contributed by atoms with Crippen LogP contribution >= 0.6 is 0 Å². The van der Waals surface area contributed by atoms with Crippen molar-refractivity contribution in [3.05, 3.63) is 0 Å². The van der Waals surface area contributed by atoms with Crippen molar-refractivity contribution in [3.63, 3.8) is 0 Å². The van der Waals surface area contributed by atoms with Crippen LogP contribution in [0.2, 0.25) is 0 Å². The molecule has 0 aliphatic carbocycles. The lowest BCUT2D eigenvalue weighted by Crippen LogP contribution is -2.45. The van der Waals surface area contributed by atoms with Gasteiger partial charge in [-0.15, -0.1) is 0 Å². The van der Waals surface area contributed by atoms with Gasteiger partial charge < -0.3 is 20.3 Å². The van der Waals surface area contributed by atoms with Crippen molar-refractivity contribution < 1.29 is 19.7 Å². The molecule has 0 radical (unpaired) electrons. The van der Waals surface area contributed by atoms with Crippen LogP contribution in [0.25, 0.3) is 0 Å². The molecule has 1 unspecified atom stereocenters. The van der Waals surface area contributed by atoms with Crippen LogP contribution in [-0.4, -0.2) is 48.6 Å². The maximum absolute atomic E-state index is 10.5. The van der Waals surface area contributed by atoms with Gasteiger partial charge in [-0.25, -0.2) is 4.79 Å². The minimum Gasteiger partial charge on any atom is -0.479 e. The number of hydrogen-bond donors (Lipinski definition) is 3. The van der Waals surface area contributed by atoms with Gasteiger partial charge in [-0.05, 0) is 32.7 Å². The van der Waals surface area contributed by atoms with E-state index in [2.05, 4.69) is 5.32 Å². The zero-order valence-electron chi connectivity index (χ0n) is 9.45. The van der Waals surface area contributed by atoms with Gasteiger partial charge in [0.15, 0.2) is 5.60 Å². The second-order valence-electron chi connectivity index (χ2n) is 3.81. The lowest BCUT2D eigenvalue weighted by atomic mass is 10.1. The lowest BCUT2D eigenvalue weighted by molar-refractivity contribution is -0.156. The molecule has 15 heavy (non-hydrogen) atoms. The monoisotopic (exact) mass is 219 g/mol. The summed E-state index contributed by atoms with van der Waals surface area (Å²) in [7, 11) is 1.67. The van der Waals surface area contributed by atoms with Gasteiger partial charge in [0.05, 0.1) is 0 Å². The molecule has 0 saturated heterocycles. The first-order valence-corrected chi connectivity index (χ1v) is 5.16.